The van der Waals surface area contributed by atoms with Gasteiger partial charge in [-0.25, -0.2) is 0 Å². The molecule has 0 radical (unpaired) electrons. The average Bonchev–Trinajstić information content (AvgIpc) is 2.46. The normalized spacial score (nSPS) is 10.6. The van der Waals surface area contributed by atoms with Crippen molar-refractivity contribution in [2.24, 2.45) is 0 Å². The molecule has 1 N–H and O–H groups in total. The molecule has 0 spiro atoms. The summed E-state index contributed by atoms with van der Waals surface area (Å²) < 4.78 is 0. The first-order valence-corrected chi connectivity index (χ1v) is 7.09. The Morgan fingerprint density at radius 3 is 2.50 bits per heavy atom. The van der Waals surface area contributed by atoms with Gasteiger partial charge in [0, 0.05) is 12.1 Å². The first-order valence-electron chi connectivity index (χ1n) is 7.09. The Morgan fingerprint density at radius 1 is 1.05 bits per heavy atom. The van der Waals surface area contributed by atoms with E-state index < -0.39 is 0 Å². The number of aryl methyl sites for hydroxylation is 1. The molecule has 2 aromatic carbocycles. The number of carbonyl (C=O) groups excluding carboxylic acids is 1. The second kappa shape index (κ2) is 6.90. The molecule has 0 fully saturated rings. The van der Waals surface area contributed by atoms with E-state index in [1.807, 2.05) is 48.5 Å². The molecule has 1 amide bonds. The van der Waals surface area contributed by atoms with Gasteiger partial charge in [-0.2, -0.15) is 0 Å². The molecule has 2 heteroatoms. The predicted octanol–water partition coefficient (Wildman–Crippen LogP) is 4.38. The lowest BCUT2D eigenvalue weighted by atomic mass is 10.0. The highest BCUT2D eigenvalue weighted by molar-refractivity contribution is 5.90. The largest absolute Gasteiger partial charge is 0.326 e. The number of benzene rings is 2. The molecule has 0 aliphatic heterocycles. The summed E-state index contributed by atoms with van der Waals surface area (Å²) in [7, 11) is 0. The molecule has 0 saturated heterocycles. The van der Waals surface area contributed by atoms with Crippen molar-refractivity contribution in [3.8, 4) is 0 Å². The molecule has 0 aromatic heterocycles. The summed E-state index contributed by atoms with van der Waals surface area (Å²) in [5.74, 6) is 0.533. The van der Waals surface area contributed by atoms with Crippen molar-refractivity contribution >= 4 is 11.6 Å². The Kier molecular flexibility index (Phi) is 4.94. The molecule has 104 valence electrons. The summed E-state index contributed by atoms with van der Waals surface area (Å²) in [4.78, 5) is 12.0. The summed E-state index contributed by atoms with van der Waals surface area (Å²) >= 11 is 0. The van der Waals surface area contributed by atoms with E-state index in [0.29, 0.717) is 12.3 Å². The number of nitrogens with one attached hydrogen (secondary N) is 1. The van der Waals surface area contributed by atoms with Gasteiger partial charge in [-0.1, -0.05) is 56.3 Å². The van der Waals surface area contributed by atoms with Crippen molar-refractivity contribution in [3.05, 3.63) is 65.7 Å². The van der Waals surface area contributed by atoms with Gasteiger partial charge in [-0.15, -0.1) is 0 Å². The number of anilines is 1. The molecule has 0 unspecified atom stereocenters. The maximum absolute atomic E-state index is 12.0. The molecule has 0 saturated carbocycles. The van der Waals surface area contributed by atoms with E-state index in [4.69, 9.17) is 0 Å². The fourth-order valence-corrected chi connectivity index (χ4v) is 2.10. The smallest absolute Gasteiger partial charge is 0.224 e. The summed E-state index contributed by atoms with van der Waals surface area (Å²) in [6.07, 6.45) is 1.28. The average molecular weight is 267 g/mol. The third-order valence-corrected chi connectivity index (χ3v) is 3.32. The number of amides is 1. The fourth-order valence-electron chi connectivity index (χ4n) is 2.10. The van der Waals surface area contributed by atoms with Crippen LogP contribution in [-0.2, 0) is 11.2 Å². The van der Waals surface area contributed by atoms with Crippen molar-refractivity contribution < 1.29 is 4.79 Å². The summed E-state index contributed by atoms with van der Waals surface area (Å²) in [6.45, 7) is 4.30. The van der Waals surface area contributed by atoms with Crippen LogP contribution in [-0.4, -0.2) is 5.91 Å². The van der Waals surface area contributed by atoms with Crippen LogP contribution >= 0.6 is 0 Å². The molecular formula is C18H21NO. The molecule has 0 aliphatic rings. The van der Waals surface area contributed by atoms with Gasteiger partial charge in [0.25, 0.3) is 0 Å². The van der Waals surface area contributed by atoms with Gasteiger partial charge in [0.1, 0.15) is 0 Å². The Hall–Kier alpha value is -2.09. The predicted molar refractivity (Wildman–Crippen MR) is 83.9 cm³/mol. The Labute approximate surface area is 120 Å². The first kappa shape index (κ1) is 14.3. The highest BCUT2D eigenvalue weighted by atomic mass is 16.1. The lowest BCUT2D eigenvalue weighted by molar-refractivity contribution is -0.116. The molecule has 20 heavy (non-hydrogen) atoms. The maximum atomic E-state index is 12.0. The van der Waals surface area contributed by atoms with E-state index in [-0.39, 0.29) is 5.91 Å². The van der Waals surface area contributed by atoms with Crippen LogP contribution in [0.5, 0.6) is 0 Å². The van der Waals surface area contributed by atoms with Gasteiger partial charge in [-0.05, 0) is 35.6 Å². The monoisotopic (exact) mass is 267 g/mol. The summed E-state index contributed by atoms with van der Waals surface area (Å²) in [6, 6.07) is 18.1. The summed E-state index contributed by atoms with van der Waals surface area (Å²) in [5.41, 5.74) is 3.32. The van der Waals surface area contributed by atoms with Gasteiger partial charge in [0.2, 0.25) is 5.91 Å². The van der Waals surface area contributed by atoms with E-state index in [2.05, 4.69) is 25.2 Å². The van der Waals surface area contributed by atoms with Gasteiger partial charge in [0.15, 0.2) is 0 Å². The molecule has 0 heterocycles. The molecule has 0 atom stereocenters. The van der Waals surface area contributed by atoms with Crippen LogP contribution in [0.1, 0.15) is 37.3 Å². The molecule has 0 aliphatic carbocycles. The van der Waals surface area contributed by atoms with Crippen molar-refractivity contribution in [2.45, 2.75) is 32.6 Å². The maximum Gasteiger partial charge on any atom is 0.224 e. The molecular weight excluding hydrogens is 246 g/mol. The van der Waals surface area contributed by atoms with Gasteiger partial charge in [-0.3, -0.25) is 4.79 Å². The van der Waals surface area contributed by atoms with Crippen LogP contribution in [0.2, 0.25) is 0 Å². The van der Waals surface area contributed by atoms with Crippen LogP contribution in [0.3, 0.4) is 0 Å². The zero-order chi connectivity index (χ0) is 14.4. The quantitative estimate of drug-likeness (QED) is 0.855. The molecule has 2 rings (SSSR count). The zero-order valence-electron chi connectivity index (χ0n) is 12.1. The SMILES string of the molecule is CC(C)c1cccc(NC(=O)CCc2ccccc2)c1. The minimum absolute atomic E-state index is 0.0646. The second-order valence-corrected chi connectivity index (χ2v) is 5.31. The van der Waals surface area contributed by atoms with Gasteiger partial charge in [0.05, 0.1) is 0 Å². The number of hydrogen-bond donors (Lipinski definition) is 1. The van der Waals surface area contributed by atoms with Crippen molar-refractivity contribution in [3.63, 3.8) is 0 Å². The van der Waals surface area contributed by atoms with Gasteiger partial charge >= 0.3 is 0 Å². The standard InChI is InChI=1S/C18H21NO/c1-14(2)16-9-6-10-17(13-16)19-18(20)12-11-15-7-4-3-5-8-15/h3-10,13-14H,11-12H2,1-2H3,(H,19,20). The third-order valence-electron chi connectivity index (χ3n) is 3.32. The number of hydrogen-bond acceptors (Lipinski definition) is 1. The lowest BCUT2D eigenvalue weighted by Gasteiger charge is -2.09. The van der Waals surface area contributed by atoms with Crippen LogP contribution in [0.15, 0.2) is 54.6 Å². The topological polar surface area (TPSA) is 29.1 Å². The second-order valence-electron chi connectivity index (χ2n) is 5.31. The first-order chi connectivity index (χ1) is 9.65. The number of carbonyl (C=O) groups is 1. The highest BCUT2D eigenvalue weighted by Gasteiger charge is 2.05. The van der Waals surface area contributed by atoms with Crippen molar-refractivity contribution in [1.82, 2.24) is 0 Å². The van der Waals surface area contributed by atoms with Crippen LogP contribution in [0.25, 0.3) is 0 Å². The third kappa shape index (κ3) is 4.23. The fraction of sp³-hybridized carbons (Fsp3) is 0.278. The Morgan fingerprint density at radius 2 is 1.80 bits per heavy atom. The van der Waals surface area contributed by atoms with E-state index in [1.165, 1.54) is 11.1 Å². The highest BCUT2D eigenvalue weighted by Crippen LogP contribution is 2.18. The number of rotatable bonds is 5. The minimum atomic E-state index is 0.0646. The molecule has 2 nitrogen and oxygen atoms in total. The van der Waals surface area contributed by atoms with Crippen LogP contribution in [0.4, 0.5) is 5.69 Å². The van der Waals surface area contributed by atoms with Crippen LogP contribution in [0, 0.1) is 0 Å². The van der Waals surface area contributed by atoms with E-state index in [9.17, 15) is 4.79 Å². The van der Waals surface area contributed by atoms with E-state index in [0.717, 1.165) is 12.1 Å². The van der Waals surface area contributed by atoms with Crippen LogP contribution < -0.4 is 5.32 Å². The van der Waals surface area contributed by atoms with Gasteiger partial charge < -0.3 is 5.32 Å². The Bertz CT molecular complexity index is 561. The van der Waals surface area contributed by atoms with Crippen molar-refractivity contribution in [2.75, 3.05) is 5.32 Å². The molecule has 0 bridgehead atoms. The van der Waals surface area contributed by atoms with Crippen molar-refractivity contribution in [1.29, 1.82) is 0 Å². The van der Waals surface area contributed by atoms with E-state index >= 15 is 0 Å². The summed E-state index contributed by atoms with van der Waals surface area (Å²) in [5, 5.41) is 2.97. The lowest BCUT2D eigenvalue weighted by Crippen LogP contribution is -2.12. The molecule has 2 aromatic rings. The van der Waals surface area contributed by atoms with E-state index in [1.54, 1.807) is 0 Å². The Balaban J connectivity index is 1.90. The minimum Gasteiger partial charge on any atom is -0.326 e. The zero-order valence-corrected chi connectivity index (χ0v) is 12.1.